The van der Waals surface area contributed by atoms with E-state index in [-0.39, 0.29) is 11.6 Å². The number of nitrogens with zero attached hydrogens (tertiary/aromatic N) is 1. The first-order valence-electron chi connectivity index (χ1n) is 7.27. The van der Waals surface area contributed by atoms with Gasteiger partial charge in [0, 0.05) is 36.0 Å². The molecule has 0 radical (unpaired) electrons. The van der Waals surface area contributed by atoms with Crippen molar-refractivity contribution in [1.29, 1.82) is 0 Å². The fourth-order valence-electron chi connectivity index (χ4n) is 2.46. The molecule has 4 heteroatoms. The number of benzene rings is 1. The van der Waals surface area contributed by atoms with E-state index < -0.39 is 0 Å². The van der Waals surface area contributed by atoms with Crippen LogP contribution < -0.4 is 0 Å². The lowest BCUT2D eigenvalue weighted by Gasteiger charge is -2.20. The predicted molar refractivity (Wildman–Crippen MR) is 83.1 cm³/mol. The standard InChI is InChI=1S/C17H18FNOS/c18-14-5-3-13(4-6-14)17(20)9-10-19(15-7-8-15)12-16-2-1-11-21-16/h1-6,11,15H,7-10,12H2. The van der Waals surface area contributed by atoms with E-state index in [1.54, 1.807) is 23.5 Å². The number of Topliss-reactive ketones (excluding diaryl/α,β-unsaturated/α-hetero) is 1. The van der Waals surface area contributed by atoms with Gasteiger partial charge in [-0.05, 0) is 48.6 Å². The summed E-state index contributed by atoms with van der Waals surface area (Å²) in [5, 5.41) is 2.09. The second kappa shape index (κ2) is 6.50. The van der Waals surface area contributed by atoms with Crippen LogP contribution >= 0.6 is 11.3 Å². The van der Waals surface area contributed by atoms with Crippen molar-refractivity contribution in [1.82, 2.24) is 4.90 Å². The predicted octanol–water partition coefficient (Wildman–Crippen LogP) is 4.12. The fraction of sp³-hybridized carbons (Fsp3) is 0.353. The quantitative estimate of drug-likeness (QED) is 0.717. The first kappa shape index (κ1) is 14.4. The van der Waals surface area contributed by atoms with E-state index in [0.717, 1.165) is 13.1 Å². The number of carbonyl (C=O) groups is 1. The van der Waals surface area contributed by atoms with Crippen molar-refractivity contribution in [3.8, 4) is 0 Å². The van der Waals surface area contributed by atoms with Gasteiger partial charge in [0.15, 0.2) is 5.78 Å². The molecule has 1 heterocycles. The van der Waals surface area contributed by atoms with Crippen LogP contribution in [-0.2, 0) is 6.54 Å². The second-order valence-corrected chi connectivity index (χ2v) is 6.49. The first-order chi connectivity index (χ1) is 10.2. The van der Waals surface area contributed by atoms with Crippen LogP contribution in [0.5, 0.6) is 0 Å². The number of thiophene rings is 1. The Morgan fingerprint density at radius 3 is 2.62 bits per heavy atom. The molecule has 0 spiro atoms. The van der Waals surface area contributed by atoms with Crippen molar-refractivity contribution < 1.29 is 9.18 Å². The van der Waals surface area contributed by atoms with Crippen LogP contribution in [0.2, 0.25) is 0 Å². The molecule has 0 N–H and O–H groups in total. The molecule has 0 unspecified atom stereocenters. The Morgan fingerprint density at radius 2 is 2.00 bits per heavy atom. The van der Waals surface area contributed by atoms with Gasteiger partial charge < -0.3 is 0 Å². The summed E-state index contributed by atoms with van der Waals surface area (Å²) in [7, 11) is 0. The Kier molecular flexibility index (Phi) is 4.46. The third-order valence-corrected chi connectivity index (χ3v) is 4.66. The number of ketones is 1. The summed E-state index contributed by atoms with van der Waals surface area (Å²) in [5.41, 5.74) is 0.600. The molecule has 0 saturated heterocycles. The van der Waals surface area contributed by atoms with Crippen LogP contribution in [0.25, 0.3) is 0 Å². The molecule has 2 nitrogen and oxygen atoms in total. The smallest absolute Gasteiger partial charge is 0.164 e. The van der Waals surface area contributed by atoms with Gasteiger partial charge >= 0.3 is 0 Å². The van der Waals surface area contributed by atoms with Crippen molar-refractivity contribution >= 4 is 17.1 Å². The molecule has 0 atom stereocenters. The average molecular weight is 303 g/mol. The Hall–Kier alpha value is -1.52. The van der Waals surface area contributed by atoms with E-state index in [1.165, 1.54) is 29.9 Å². The van der Waals surface area contributed by atoms with Gasteiger partial charge in [-0.3, -0.25) is 9.69 Å². The SMILES string of the molecule is O=C(CCN(Cc1cccs1)C1CC1)c1ccc(F)cc1. The Balaban J connectivity index is 1.56. The lowest BCUT2D eigenvalue weighted by Crippen LogP contribution is -2.27. The van der Waals surface area contributed by atoms with Gasteiger partial charge in [-0.25, -0.2) is 4.39 Å². The minimum atomic E-state index is -0.302. The van der Waals surface area contributed by atoms with Crippen molar-refractivity contribution in [2.45, 2.75) is 31.8 Å². The number of halogens is 1. The topological polar surface area (TPSA) is 20.3 Å². The third kappa shape index (κ3) is 3.99. The van der Waals surface area contributed by atoms with Crippen LogP contribution in [-0.4, -0.2) is 23.3 Å². The molecular weight excluding hydrogens is 285 g/mol. The molecule has 110 valence electrons. The van der Waals surface area contributed by atoms with Crippen LogP contribution in [0, 0.1) is 5.82 Å². The Labute approximate surface area is 128 Å². The molecule has 1 aliphatic rings. The number of hydrogen-bond donors (Lipinski definition) is 0. The lowest BCUT2D eigenvalue weighted by molar-refractivity contribution is 0.0960. The summed E-state index contributed by atoms with van der Waals surface area (Å²) >= 11 is 1.76. The monoisotopic (exact) mass is 303 g/mol. The third-order valence-electron chi connectivity index (χ3n) is 3.79. The second-order valence-electron chi connectivity index (χ2n) is 5.46. The zero-order chi connectivity index (χ0) is 14.7. The summed E-state index contributed by atoms with van der Waals surface area (Å²) in [5.74, 6) is -0.212. The highest BCUT2D eigenvalue weighted by Gasteiger charge is 2.29. The van der Waals surface area contributed by atoms with Crippen LogP contribution in [0.4, 0.5) is 4.39 Å². The minimum Gasteiger partial charge on any atom is -0.295 e. The van der Waals surface area contributed by atoms with E-state index in [4.69, 9.17) is 0 Å². The maximum atomic E-state index is 12.9. The zero-order valence-electron chi connectivity index (χ0n) is 11.8. The van der Waals surface area contributed by atoms with E-state index in [0.29, 0.717) is 18.0 Å². The number of hydrogen-bond acceptors (Lipinski definition) is 3. The van der Waals surface area contributed by atoms with Crippen LogP contribution in [0.1, 0.15) is 34.5 Å². The molecule has 1 saturated carbocycles. The van der Waals surface area contributed by atoms with Crippen molar-refractivity contribution in [3.63, 3.8) is 0 Å². The molecule has 1 aromatic heterocycles. The average Bonchev–Trinajstić information content (AvgIpc) is 3.21. The number of rotatable bonds is 7. The van der Waals surface area contributed by atoms with Gasteiger partial charge in [-0.2, -0.15) is 0 Å². The van der Waals surface area contributed by atoms with Crippen molar-refractivity contribution in [2.24, 2.45) is 0 Å². The summed E-state index contributed by atoms with van der Waals surface area (Å²) in [6.45, 7) is 1.71. The summed E-state index contributed by atoms with van der Waals surface area (Å²) in [6.07, 6.45) is 2.96. The van der Waals surface area contributed by atoms with Crippen LogP contribution in [0.3, 0.4) is 0 Å². The molecule has 0 bridgehead atoms. The van der Waals surface area contributed by atoms with Gasteiger partial charge in [-0.15, -0.1) is 11.3 Å². The van der Waals surface area contributed by atoms with Gasteiger partial charge in [-0.1, -0.05) is 6.07 Å². The minimum absolute atomic E-state index is 0.0897. The first-order valence-corrected chi connectivity index (χ1v) is 8.15. The zero-order valence-corrected chi connectivity index (χ0v) is 12.6. The summed E-state index contributed by atoms with van der Waals surface area (Å²) in [6, 6.07) is 10.7. The molecule has 2 aromatic rings. The van der Waals surface area contributed by atoms with E-state index in [2.05, 4.69) is 22.4 Å². The Morgan fingerprint density at radius 1 is 1.24 bits per heavy atom. The molecule has 1 aliphatic carbocycles. The van der Waals surface area contributed by atoms with E-state index in [1.807, 2.05) is 0 Å². The maximum absolute atomic E-state index is 12.9. The lowest BCUT2D eigenvalue weighted by atomic mass is 10.1. The van der Waals surface area contributed by atoms with Crippen molar-refractivity contribution in [2.75, 3.05) is 6.54 Å². The highest BCUT2D eigenvalue weighted by Crippen LogP contribution is 2.29. The molecule has 1 aromatic carbocycles. The molecule has 0 amide bonds. The molecule has 0 aliphatic heterocycles. The van der Waals surface area contributed by atoms with E-state index >= 15 is 0 Å². The molecule has 1 fully saturated rings. The highest BCUT2D eigenvalue weighted by molar-refractivity contribution is 7.09. The normalized spacial score (nSPS) is 14.6. The van der Waals surface area contributed by atoms with Gasteiger partial charge in [0.2, 0.25) is 0 Å². The molecule has 3 rings (SSSR count). The largest absolute Gasteiger partial charge is 0.295 e. The maximum Gasteiger partial charge on any atom is 0.164 e. The molecular formula is C17H18FNOS. The van der Waals surface area contributed by atoms with Crippen molar-refractivity contribution in [3.05, 3.63) is 58.0 Å². The number of carbonyl (C=O) groups excluding carboxylic acids is 1. The van der Waals surface area contributed by atoms with Gasteiger partial charge in [0.25, 0.3) is 0 Å². The summed E-state index contributed by atoms with van der Waals surface area (Å²) in [4.78, 5) is 15.9. The van der Waals surface area contributed by atoms with Gasteiger partial charge in [0.1, 0.15) is 5.82 Å². The Bertz CT molecular complexity index is 590. The fourth-order valence-corrected chi connectivity index (χ4v) is 3.19. The van der Waals surface area contributed by atoms with Gasteiger partial charge in [0.05, 0.1) is 0 Å². The van der Waals surface area contributed by atoms with E-state index in [9.17, 15) is 9.18 Å². The summed E-state index contributed by atoms with van der Waals surface area (Å²) < 4.78 is 12.9. The highest BCUT2D eigenvalue weighted by atomic mass is 32.1. The molecule has 21 heavy (non-hydrogen) atoms. The van der Waals surface area contributed by atoms with Crippen LogP contribution in [0.15, 0.2) is 41.8 Å².